The summed E-state index contributed by atoms with van der Waals surface area (Å²) in [7, 11) is 2.30. The minimum Gasteiger partial charge on any atom is -0.337 e. The number of fused-ring (bicyclic) bond motifs is 2. The topological polar surface area (TPSA) is 44.4 Å². The van der Waals surface area contributed by atoms with Crippen molar-refractivity contribution >= 4 is 6.03 Å². The molecule has 182 valence electrons. The predicted octanol–water partition coefficient (Wildman–Crippen LogP) is 5.74. The van der Waals surface area contributed by atoms with Gasteiger partial charge >= 0.3 is 6.03 Å². The Morgan fingerprint density at radius 3 is 1.86 bits per heavy atom. The van der Waals surface area contributed by atoms with Crippen LogP contribution in [0.3, 0.4) is 0 Å². The van der Waals surface area contributed by atoms with E-state index in [0.717, 1.165) is 12.0 Å². The van der Waals surface area contributed by atoms with Gasteiger partial charge in [-0.2, -0.15) is 0 Å². The maximum Gasteiger partial charge on any atom is 0.315 e. The third-order valence-corrected chi connectivity index (χ3v) is 8.33. The van der Waals surface area contributed by atoms with Crippen molar-refractivity contribution in [1.82, 2.24) is 15.5 Å². The number of rotatable bonds is 8. The molecule has 2 heterocycles. The summed E-state index contributed by atoms with van der Waals surface area (Å²) in [6.07, 6.45) is 6.17. The SMILES string of the molecule is CN1[C@@H]2CC[C@@H]1CC(CC(CNC(=O)NCc1ccccc1)(c1ccccc1)c1ccccc1)C2. The maximum absolute atomic E-state index is 12.9. The Kier molecular flexibility index (Phi) is 7.19. The Morgan fingerprint density at radius 1 is 0.800 bits per heavy atom. The lowest BCUT2D eigenvalue weighted by Gasteiger charge is -2.43. The summed E-state index contributed by atoms with van der Waals surface area (Å²) in [6.45, 7) is 1.10. The van der Waals surface area contributed by atoms with Gasteiger partial charge in [0.05, 0.1) is 0 Å². The number of nitrogens with one attached hydrogen (secondary N) is 2. The van der Waals surface area contributed by atoms with Gasteiger partial charge < -0.3 is 15.5 Å². The second kappa shape index (κ2) is 10.7. The fourth-order valence-electron chi connectivity index (χ4n) is 6.45. The summed E-state index contributed by atoms with van der Waals surface area (Å²) in [5.74, 6) is 0.637. The normalized spacial score (nSPS) is 22.0. The van der Waals surface area contributed by atoms with E-state index in [1.54, 1.807) is 0 Å². The molecule has 2 fully saturated rings. The standard InChI is InChI=1S/C31H37N3O/c1-34-28-17-18-29(34)20-25(19-28)21-31(26-13-7-3-8-14-26,27-15-9-4-10-16-27)23-33-30(35)32-22-24-11-5-2-6-12-24/h2-16,25,28-29H,17-23H2,1H3,(H2,32,33,35)/t28-,29-/m1/s1. The van der Waals surface area contributed by atoms with E-state index in [4.69, 9.17) is 0 Å². The number of hydrogen-bond donors (Lipinski definition) is 2. The fourth-order valence-corrected chi connectivity index (χ4v) is 6.45. The Bertz CT molecular complexity index is 1030. The molecule has 35 heavy (non-hydrogen) atoms. The first-order valence-electron chi connectivity index (χ1n) is 13.0. The smallest absolute Gasteiger partial charge is 0.315 e. The Balaban J connectivity index is 1.40. The van der Waals surface area contributed by atoms with Gasteiger partial charge in [-0.1, -0.05) is 91.0 Å². The molecule has 2 atom stereocenters. The van der Waals surface area contributed by atoms with Crippen LogP contribution in [0.15, 0.2) is 91.0 Å². The number of urea groups is 1. The Labute approximate surface area is 209 Å². The lowest BCUT2D eigenvalue weighted by atomic mass is 9.67. The first-order chi connectivity index (χ1) is 17.1. The average Bonchev–Trinajstić information content (AvgIpc) is 3.11. The highest BCUT2D eigenvalue weighted by atomic mass is 16.2. The van der Waals surface area contributed by atoms with Crippen molar-refractivity contribution in [3.63, 3.8) is 0 Å². The van der Waals surface area contributed by atoms with Gasteiger partial charge in [0.25, 0.3) is 0 Å². The third kappa shape index (κ3) is 5.28. The van der Waals surface area contributed by atoms with Crippen LogP contribution in [0.25, 0.3) is 0 Å². The number of piperidine rings is 1. The van der Waals surface area contributed by atoms with Gasteiger partial charge in [0.15, 0.2) is 0 Å². The summed E-state index contributed by atoms with van der Waals surface area (Å²) in [5, 5.41) is 6.32. The molecule has 2 amide bonds. The fraction of sp³-hybridized carbons (Fsp3) is 0.387. The summed E-state index contributed by atoms with van der Waals surface area (Å²) in [4.78, 5) is 15.6. The minimum atomic E-state index is -0.271. The van der Waals surface area contributed by atoms with Gasteiger partial charge in [0, 0.05) is 30.6 Å². The zero-order valence-corrected chi connectivity index (χ0v) is 20.7. The lowest BCUT2D eigenvalue weighted by Crippen LogP contribution is -2.48. The number of carbonyl (C=O) groups excluding carboxylic acids is 1. The molecule has 0 aromatic heterocycles. The van der Waals surface area contributed by atoms with Crippen LogP contribution in [0, 0.1) is 5.92 Å². The molecule has 4 heteroatoms. The Morgan fingerprint density at radius 2 is 1.31 bits per heavy atom. The summed E-state index contributed by atoms with van der Waals surface area (Å²) < 4.78 is 0. The van der Waals surface area contributed by atoms with E-state index in [1.165, 1.54) is 36.8 Å². The molecular weight excluding hydrogens is 430 g/mol. The van der Waals surface area contributed by atoms with E-state index in [-0.39, 0.29) is 11.4 Å². The van der Waals surface area contributed by atoms with Crippen molar-refractivity contribution in [1.29, 1.82) is 0 Å². The number of benzene rings is 3. The van der Waals surface area contributed by atoms with Crippen LogP contribution in [0.5, 0.6) is 0 Å². The van der Waals surface area contributed by atoms with Gasteiger partial charge in [-0.25, -0.2) is 4.79 Å². The molecule has 2 saturated heterocycles. The van der Waals surface area contributed by atoms with Crippen LogP contribution in [0.4, 0.5) is 4.79 Å². The van der Waals surface area contributed by atoms with E-state index >= 15 is 0 Å². The molecular formula is C31H37N3O. The van der Waals surface area contributed by atoms with Crippen molar-refractivity contribution < 1.29 is 4.79 Å². The van der Waals surface area contributed by atoms with Crippen LogP contribution < -0.4 is 10.6 Å². The van der Waals surface area contributed by atoms with Gasteiger partial charge in [0.1, 0.15) is 0 Å². The average molecular weight is 468 g/mol. The quantitative estimate of drug-likeness (QED) is 0.444. The third-order valence-electron chi connectivity index (χ3n) is 8.33. The predicted molar refractivity (Wildman–Crippen MR) is 142 cm³/mol. The molecule has 3 aromatic rings. The molecule has 0 unspecified atom stereocenters. The Hall–Kier alpha value is -3.11. The number of carbonyl (C=O) groups is 1. The molecule has 4 nitrogen and oxygen atoms in total. The summed E-state index contributed by atoms with van der Waals surface area (Å²) >= 11 is 0. The van der Waals surface area contributed by atoms with E-state index in [0.29, 0.717) is 31.1 Å². The van der Waals surface area contributed by atoms with E-state index in [1.807, 2.05) is 30.3 Å². The van der Waals surface area contributed by atoms with E-state index < -0.39 is 0 Å². The van der Waals surface area contributed by atoms with Crippen molar-refractivity contribution in [3.8, 4) is 0 Å². The molecule has 2 aliphatic heterocycles. The molecule has 2 bridgehead atoms. The monoisotopic (exact) mass is 467 g/mol. The zero-order valence-electron chi connectivity index (χ0n) is 20.7. The highest BCUT2D eigenvalue weighted by Gasteiger charge is 2.43. The first-order valence-corrected chi connectivity index (χ1v) is 13.0. The second-order valence-corrected chi connectivity index (χ2v) is 10.4. The van der Waals surface area contributed by atoms with E-state index in [2.05, 4.69) is 83.2 Å². The molecule has 0 aliphatic carbocycles. The van der Waals surface area contributed by atoms with E-state index in [9.17, 15) is 4.79 Å². The first kappa shape index (κ1) is 23.6. The zero-order chi connectivity index (χ0) is 24.1. The maximum atomic E-state index is 12.9. The van der Waals surface area contributed by atoms with Crippen molar-refractivity contribution in [2.75, 3.05) is 13.6 Å². The van der Waals surface area contributed by atoms with Crippen LogP contribution in [0.2, 0.25) is 0 Å². The highest BCUT2D eigenvalue weighted by molar-refractivity contribution is 5.74. The molecule has 3 aromatic carbocycles. The van der Waals surface area contributed by atoms with Gasteiger partial charge in [-0.15, -0.1) is 0 Å². The van der Waals surface area contributed by atoms with Gasteiger partial charge in [-0.05, 0) is 61.8 Å². The summed E-state index contributed by atoms with van der Waals surface area (Å²) in [6, 6.07) is 32.9. The number of nitrogens with zero attached hydrogens (tertiary/aromatic N) is 1. The van der Waals surface area contributed by atoms with Crippen molar-refractivity contribution in [2.45, 2.75) is 56.1 Å². The minimum absolute atomic E-state index is 0.117. The molecule has 5 rings (SSSR count). The van der Waals surface area contributed by atoms with Crippen LogP contribution in [-0.2, 0) is 12.0 Å². The van der Waals surface area contributed by atoms with Crippen molar-refractivity contribution in [2.24, 2.45) is 5.92 Å². The van der Waals surface area contributed by atoms with Gasteiger partial charge in [-0.3, -0.25) is 0 Å². The molecule has 0 saturated carbocycles. The number of hydrogen-bond acceptors (Lipinski definition) is 2. The molecule has 2 N–H and O–H groups in total. The lowest BCUT2D eigenvalue weighted by molar-refractivity contribution is 0.118. The summed E-state index contributed by atoms with van der Waals surface area (Å²) in [5.41, 5.74) is 3.38. The molecule has 0 spiro atoms. The van der Waals surface area contributed by atoms with Gasteiger partial charge in [0.2, 0.25) is 0 Å². The molecule has 2 aliphatic rings. The van der Waals surface area contributed by atoms with Crippen LogP contribution >= 0.6 is 0 Å². The second-order valence-electron chi connectivity index (χ2n) is 10.4. The molecule has 0 radical (unpaired) electrons. The largest absolute Gasteiger partial charge is 0.337 e. The highest BCUT2D eigenvalue weighted by Crippen LogP contribution is 2.45. The van der Waals surface area contributed by atoms with Crippen LogP contribution in [0.1, 0.15) is 48.8 Å². The van der Waals surface area contributed by atoms with Crippen molar-refractivity contribution in [3.05, 3.63) is 108 Å². The van der Waals surface area contributed by atoms with Crippen LogP contribution in [-0.4, -0.2) is 36.6 Å². The number of amides is 2.